The van der Waals surface area contributed by atoms with Crippen molar-refractivity contribution in [2.75, 3.05) is 13.7 Å². The van der Waals surface area contributed by atoms with Crippen molar-refractivity contribution in [1.29, 1.82) is 0 Å². The van der Waals surface area contributed by atoms with Crippen LogP contribution in [0.5, 0.6) is 5.75 Å². The van der Waals surface area contributed by atoms with Gasteiger partial charge in [-0.25, -0.2) is 5.01 Å². The van der Waals surface area contributed by atoms with Gasteiger partial charge < -0.3 is 4.74 Å². The van der Waals surface area contributed by atoms with Crippen LogP contribution in [0.2, 0.25) is 0 Å². The van der Waals surface area contributed by atoms with Crippen LogP contribution in [0.25, 0.3) is 0 Å². The Morgan fingerprint density at radius 1 is 1.03 bits per heavy atom. The number of carbonyl (C=O) groups is 4. The number of allylic oxidation sites excluding steroid dienone is 2. The van der Waals surface area contributed by atoms with E-state index in [1.807, 2.05) is 12.2 Å². The van der Waals surface area contributed by atoms with Gasteiger partial charge in [-0.15, -0.1) is 0 Å². The number of nitrogens with zero attached hydrogens (tertiary/aromatic N) is 3. The maximum Gasteiger partial charge on any atom is 0.273 e. The Hall–Kier alpha value is -4.34. The van der Waals surface area contributed by atoms with Crippen LogP contribution in [0.3, 0.4) is 0 Å². The largest absolute Gasteiger partial charge is 0.497 e. The van der Waals surface area contributed by atoms with Gasteiger partial charge in [-0.2, -0.15) is 5.01 Å². The van der Waals surface area contributed by atoms with E-state index in [9.17, 15) is 29.3 Å². The number of hydrogen-bond acceptors (Lipinski definition) is 7. The number of imide groups is 1. The minimum atomic E-state index is -0.862. The molecule has 0 radical (unpaired) electrons. The highest BCUT2D eigenvalue weighted by atomic mass is 16.6. The molecule has 34 heavy (non-hydrogen) atoms. The van der Waals surface area contributed by atoms with Crippen molar-refractivity contribution in [2.24, 2.45) is 11.8 Å². The van der Waals surface area contributed by atoms with Gasteiger partial charge in [-0.3, -0.25) is 29.3 Å². The van der Waals surface area contributed by atoms with Gasteiger partial charge in [0.25, 0.3) is 23.4 Å². The molecule has 2 aromatic rings. The molecular weight excluding hydrogens is 442 g/mol. The second-order valence-electron chi connectivity index (χ2n) is 7.97. The Bertz CT molecular complexity index is 1180. The van der Waals surface area contributed by atoms with Gasteiger partial charge in [0.1, 0.15) is 12.3 Å². The first-order valence-electron chi connectivity index (χ1n) is 10.6. The summed E-state index contributed by atoms with van der Waals surface area (Å²) < 4.78 is 5.09. The Labute approximate surface area is 194 Å². The standard InChI is InChI=1S/C24H21N3O7/c1-34-18-11-9-15(10-12-18)21(28)14-25(22(29)16-5-4-6-17(13-16)27(32)33)26-23(30)19-7-2-3-8-20(19)24(26)31/h2-6,9-13,19-20H,7-8,14H2,1H3/t19-,20-/m0/s1. The van der Waals surface area contributed by atoms with Crippen LogP contribution in [-0.2, 0) is 9.59 Å². The average molecular weight is 463 g/mol. The Morgan fingerprint density at radius 2 is 1.65 bits per heavy atom. The molecule has 0 bridgehead atoms. The summed E-state index contributed by atoms with van der Waals surface area (Å²) in [6, 6.07) is 11.1. The van der Waals surface area contributed by atoms with Crippen LogP contribution in [0.4, 0.5) is 5.69 Å². The van der Waals surface area contributed by atoms with Crippen LogP contribution in [0, 0.1) is 22.0 Å². The predicted molar refractivity (Wildman–Crippen MR) is 119 cm³/mol. The number of ketones is 1. The summed E-state index contributed by atoms with van der Waals surface area (Å²) in [4.78, 5) is 63.3. The van der Waals surface area contributed by atoms with Gasteiger partial charge in [0, 0.05) is 23.3 Å². The molecule has 0 aromatic heterocycles. The van der Waals surface area contributed by atoms with Gasteiger partial charge in [-0.1, -0.05) is 18.2 Å². The maximum absolute atomic E-state index is 13.4. The highest BCUT2D eigenvalue weighted by Crippen LogP contribution is 2.36. The number of amides is 3. The van der Waals surface area contributed by atoms with E-state index in [2.05, 4.69) is 0 Å². The van der Waals surface area contributed by atoms with Gasteiger partial charge in [0.2, 0.25) is 0 Å². The Morgan fingerprint density at radius 3 is 2.21 bits per heavy atom. The zero-order valence-electron chi connectivity index (χ0n) is 18.2. The molecule has 1 saturated heterocycles. The number of Topliss-reactive ketones (excluding diaryl/α,β-unsaturated/α-hetero) is 1. The van der Waals surface area contributed by atoms with Crippen LogP contribution in [0.15, 0.2) is 60.7 Å². The molecule has 3 amide bonds. The fourth-order valence-electron chi connectivity index (χ4n) is 4.16. The number of carbonyl (C=O) groups excluding carboxylic acids is 4. The summed E-state index contributed by atoms with van der Waals surface area (Å²) in [5.41, 5.74) is -0.203. The summed E-state index contributed by atoms with van der Waals surface area (Å²) in [6.45, 7) is -0.599. The van der Waals surface area contributed by atoms with Gasteiger partial charge >= 0.3 is 0 Å². The van der Waals surface area contributed by atoms with Crippen molar-refractivity contribution in [3.8, 4) is 5.75 Å². The third-order valence-corrected chi connectivity index (χ3v) is 5.97. The number of nitro benzene ring substituents is 1. The molecule has 4 rings (SSSR count). The number of ether oxygens (including phenoxy) is 1. The number of hydrazine groups is 1. The normalized spacial score (nSPS) is 19.0. The summed E-state index contributed by atoms with van der Waals surface area (Å²) in [7, 11) is 1.48. The molecule has 2 aliphatic rings. The smallest absolute Gasteiger partial charge is 0.273 e. The summed E-state index contributed by atoms with van der Waals surface area (Å²) in [5.74, 6) is -3.22. The van der Waals surface area contributed by atoms with Crippen molar-refractivity contribution in [1.82, 2.24) is 10.0 Å². The maximum atomic E-state index is 13.4. The summed E-state index contributed by atoms with van der Waals surface area (Å²) in [6.07, 6.45) is 4.34. The van der Waals surface area contributed by atoms with Crippen LogP contribution >= 0.6 is 0 Å². The monoisotopic (exact) mass is 463 g/mol. The molecule has 10 nitrogen and oxygen atoms in total. The van der Waals surface area contributed by atoms with Crippen molar-refractivity contribution < 1.29 is 28.8 Å². The van der Waals surface area contributed by atoms with Gasteiger partial charge in [0.15, 0.2) is 5.78 Å². The first-order valence-corrected chi connectivity index (χ1v) is 10.6. The molecule has 0 unspecified atom stereocenters. The van der Waals surface area contributed by atoms with E-state index in [0.29, 0.717) is 18.6 Å². The third kappa shape index (κ3) is 4.17. The molecule has 0 N–H and O–H groups in total. The minimum absolute atomic E-state index is 0.120. The Kier molecular flexibility index (Phi) is 6.22. The van der Waals surface area contributed by atoms with Crippen LogP contribution in [0.1, 0.15) is 33.6 Å². The number of nitro groups is 1. The van der Waals surface area contributed by atoms with E-state index in [0.717, 1.165) is 16.1 Å². The van der Waals surface area contributed by atoms with E-state index < -0.39 is 46.8 Å². The topological polar surface area (TPSA) is 127 Å². The van der Waals surface area contributed by atoms with Crippen molar-refractivity contribution in [3.63, 3.8) is 0 Å². The molecule has 0 saturated carbocycles. The number of non-ortho nitro benzene ring substituents is 1. The molecule has 2 aromatic carbocycles. The molecule has 0 spiro atoms. The molecule has 1 heterocycles. The SMILES string of the molecule is COc1ccc(C(=O)CN(C(=O)c2cccc([N+](=O)[O-])c2)N2C(=O)[C@H]3CC=CC[C@@H]3C2=O)cc1. The molecule has 174 valence electrons. The van der Waals surface area contributed by atoms with Crippen LogP contribution < -0.4 is 4.74 Å². The lowest BCUT2D eigenvalue weighted by Crippen LogP contribution is -2.52. The number of benzene rings is 2. The fourth-order valence-corrected chi connectivity index (χ4v) is 4.16. The van der Waals surface area contributed by atoms with Gasteiger partial charge in [-0.05, 0) is 43.2 Å². The lowest BCUT2D eigenvalue weighted by atomic mass is 9.85. The zero-order chi connectivity index (χ0) is 24.4. The minimum Gasteiger partial charge on any atom is -0.497 e. The molecular formula is C24H21N3O7. The molecule has 1 aliphatic heterocycles. The second kappa shape index (κ2) is 9.26. The van der Waals surface area contributed by atoms with Crippen molar-refractivity contribution >= 4 is 29.2 Å². The van der Waals surface area contributed by atoms with E-state index in [1.165, 1.54) is 37.4 Å². The lowest BCUT2D eigenvalue weighted by Gasteiger charge is -2.30. The van der Waals surface area contributed by atoms with E-state index in [4.69, 9.17) is 4.74 Å². The highest BCUT2D eigenvalue weighted by Gasteiger charge is 2.51. The zero-order valence-corrected chi connectivity index (χ0v) is 18.2. The second-order valence-corrected chi connectivity index (χ2v) is 7.97. The van der Waals surface area contributed by atoms with E-state index in [1.54, 1.807) is 12.1 Å². The predicted octanol–water partition coefficient (Wildman–Crippen LogP) is 2.79. The van der Waals surface area contributed by atoms with Crippen LogP contribution in [-0.4, -0.2) is 52.1 Å². The summed E-state index contributed by atoms with van der Waals surface area (Å²) >= 11 is 0. The fraction of sp³-hybridized carbons (Fsp3) is 0.250. The number of hydrogen-bond donors (Lipinski definition) is 0. The molecule has 1 fully saturated rings. The first-order chi connectivity index (χ1) is 16.3. The lowest BCUT2D eigenvalue weighted by molar-refractivity contribution is -0.384. The number of methoxy groups -OCH3 is 1. The van der Waals surface area contributed by atoms with Crippen molar-refractivity contribution in [2.45, 2.75) is 12.8 Å². The van der Waals surface area contributed by atoms with E-state index in [-0.39, 0.29) is 16.8 Å². The van der Waals surface area contributed by atoms with Crippen molar-refractivity contribution in [3.05, 3.63) is 81.9 Å². The summed E-state index contributed by atoms with van der Waals surface area (Å²) in [5, 5.41) is 12.7. The van der Waals surface area contributed by atoms with E-state index >= 15 is 0 Å². The first kappa shape index (κ1) is 22.8. The molecule has 1 aliphatic carbocycles. The van der Waals surface area contributed by atoms with Gasteiger partial charge in [0.05, 0.1) is 23.9 Å². The quantitative estimate of drug-likeness (QED) is 0.203. The Balaban J connectivity index is 1.70. The average Bonchev–Trinajstić information content (AvgIpc) is 3.12. The molecule has 10 heteroatoms. The number of fused-ring (bicyclic) bond motifs is 1. The molecule has 2 atom stereocenters. The third-order valence-electron chi connectivity index (χ3n) is 5.97. The number of rotatable bonds is 7. The highest BCUT2D eigenvalue weighted by molar-refractivity contribution is 6.09.